The first-order valence-corrected chi connectivity index (χ1v) is 6.24. The first kappa shape index (κ1) is 13.1. The molecule has 0 fully saturated rings. The lowest BCUT2D eigenvalue weighted by molar-refractivity contribution is -0.121. The summed E-state index contributed by atoms with van der Waals surface area (Å²) in [6, 6.07) is -0.0665. The minimum absolute atomic E-state index is 0.00672. The van der Waals surface area contributed by atoms with Crippen molar-refractivity contribution in [1.82, 2.24) is 10.3 Å². The van der Waals surface area contributed by atoms with Gasteiger partial charge in [-0.3, -0.25) is 4.79 Å². The number of aryl methyl sites for hydroxylation is 1. The van der Waals surface area contributed by atoms with E-state index in [4.69, 9.17) is 5.73 Å². The molecule has 0 saturated carbocycles. The van der Waals surface area contributed by atoms with Crippen molar-refractivity contribution in [2.75, 3.05) is 0 Å². The fourth-order valence-electron chi connectivity index (χ4n) is 1.19. The second-order valence-electron chi connectivity index (χ2n) is 4.23. The van der Waals surface area contributed by atoms with E-state index in [1.165, 1.54) is 0 Å². The Morgan fingerprint density at radius 2 is 2.31 bits per heavy atom. The van der Waals surface area contributed by atoms with Crippen molar-refractivity contribution in [3.63, 3.8) is 0 Å². The summed E-state index contributed by atoms with van der Waals surface area (Å²) < 4.78 is 0. The van der Waals surface area contributed by atoms with Crippen LogP contribution in [0.1, 0.15) is 30.2 Å². The summed E-state index contributed by atoms with van der Waals surface area (Å²) in [5, 5.41) is 3.87. The Labute approximate surface area is 100 Å². The minimum atomic E-state index is -0.0665. The number of carbonyl (C=O) groups excluding carboxylic acids is 1. The van der Waals surface area contributed by atoms with E-state index in [9.17, 15) is 4.79 Å². The summed E-state index contributed by atoms with van der Waals surface area (Å²) >= 11 is 1.60. The molecule has 4 nitrogen and oxygen atoms in total. The average molecular weight is 241 g/mol. The molecule has 0 bridgehead atoms. The van der Waals surface area contributed by atoms with Gasteiger partial charge in [0.2, 0.25) is 5.91 Å². The van der Waals surface area contributed by atoms with Gasteiger partial charge in [-0.1, -0.05) is 13.8 Å². The van der Waals surface area contributed by atoms with E-state index in [0.717, 1.165) is 9.88 Å². The Morgan fingerprint density at radius 1 is 1.62 bits per heavy atom. The Balaban J connectivity index is 2.30. The van der Waals surface area contributed by atoms with Crippen LogP contribution < -0.4 is 11.1 Å². The summed E-state index contributed by atoms with van der Waals surface area (Å²) in [5.41, 5.74) is 5.82. The van der Waals surface area contributed by atoms with Gasteiger partial charge in [0.15, 0.2) is 0 Å². The van der Waals surface area contributed by atoms with Crippen molar-refractivity contribution in [2.24, 2.45) is 11.7 Å². The lowest BCUT2D eigenvalue weighted by Crippen LogP contribution is -2.34. The number of rotatable bonds is 5. The van der Waals surface area contributed by atoms with E-state index in [1.807, 2.05) is 20.8 Å². The van der Waals surface area contributed by atoms with Gasteiger partial charge in [-0.2, -0.15) is 0 Å². The summed E-state index contributed by atoms with van der Waals surface area (Å²) in [4.78, 5) is 16.7. The molecule has 1 atom stereocenters. The topological polar surface area (TPSA) is 68.0 Å². The predicted octanol–water partition coefficient (Wildman–Crippen LogP) is 1.44. The molecule has 1 aromatic heterocycles. The van der Waals surface area contributed by atoms with Gasteiger partial charge in [0.1, 0.15) is 0 Å². The molecule has 0 spiro atoms. The van der Waals surface area contributed by atoms with Gasteiger partial charge >= 0.3 is 0 Å². The summed E-state index contributed by atoms with van der Waals surface area (Å²) in [6.45, 7) is 6.54. The molecule has 0 aliphatic heterocycles. The first-order chi connectivity index (χ1) is 7.49. The van der Waals surface area contributed by atoms with Gasteiger partial charge < -0.3 is 11.1 Å². The van der Waals surface area contributed by atoms with Crippen LogP contribution in [0.15, 0.2) is 6.20 Å². The quantitative estimate of drug-likeness (QED) is 0.819. The van der Waals surface area contributed by atoms with E-state index < -0.39 is 0 Å². The van der Waals surface area contributed by atoms with Crippen LogP contribution in [0.5, 0.6) is 0 Å². The lowest BCUT2D eigenvalue weighted by Gasteiger charge is -2.14. The number of thiazole rings is 1. The highest BCUT2D eigenvalue weighted by Gasteiger charge is 2.12. The Morgan fingerprint density at radius 3 is 2.81 bits per heavy atom. The van der Waals surface area contributed by atoms with Crippen LogP contribution in [-0.4, -0.2) is 16.9 Å². The van der Waals surface area contributed by atoms with Gasteiger partial charge in [0.25, 0.3) is 0 Å². The summed E-state index contributed by atoms with van der Waals surface area (Å²) in [5.74, 6) is 0.337. The van der Waals surface area contributed by atoms with Gasteiger partial charge in [-0.05, 0) is 12.8 Å². The van der Waals surface area contributed by atoms with Crippen LogP contribution in [0.3, 0.4) is 0 Å². The van der Waals surface area contributed by atoms with Crippen LogP contribution in [0, 0.1) is 12.8 Å². The minimum Gasteiger partial charge on any atom is -0.351 e. The number of hydrogen-bond donors (Lipinski definition) is 2. The third-order valence-electron chi connectivity index (χ3n) is 2.41. The van der Waals surface area contributed by atoms with Gasteiger partial charge in [-0.15, -0.1) is 11.3 Å². The van der Waals surface area contributed by atoms with E-state index in [2.05, 4.69) is 10.3 Å². The molecule has 0 aromatic carbocycles. The maximum absolute atomic E-state index is 11.5. The van der Waals surface area contributed by atoms with Crippen LogP contribution in [0.4, 0.5) is 0 Å². The molecule has 1 aromatic rings. The molecule has 1 amide bonds. The second kappa shape index (κ2) is 5.96. The Hall–Kier alpha value is -0.940. The number of carbonyl (C=O) groups is 1. The Bertz CT molecular complexity index is 349. The standard InChI is InChI=1S/C11H19N3OS/c1-7(2)10(12)4-11(15)14-6-9-5-13-8(3)16-9/h5,7,10H,4,6,12H2,1-3H3,(H,14,15). The van der Waals surface area contributed by atoms with E-state index in [1.54, 1.807) is 17.5 Å². The zero-order valence-corrected chi connectivity index (χ0v) is 10.8. The van der Waals surface area contributed by atoms with Crippen LogP contribution in [0.25, 0.3) is 0 Å². The molecule has 5 heteroatoms. The van der Waals surface area contributed by atoms with Crippen molar-refractivity contribution in [2.45, 2.75) is 39.8 Å². The first-order valence-electron chi connectivity index (χ1n) is 5.42. The highest BCUT2D eigenvalue weighted by molar-refractivity contribution is 7.11. The van der Waals surface area contributed by atoms with Crippen molar-refractivity contribution < 1.29 is 4.79 Å². The predicted molar refractivity (Wildman–Crippen MR) is 66.1 cm³/mol. The number of nitrogens with two attached hydrogens (primary N) is 1. The summed E-state index contributed by atoms with van der Waals surface area (Å²) in [6.07, 6.45) is 2.18. The number of amides is 1. The van der Waals surface area contributed by atoms with E-state index >= 15 is 0 Å². The molecule has 0 aliphatic rings. The van der Waals surface area contributed by atoms with Crippen molar-refractivity contribution in [1.29, 1.82) is 0 Å². The van der Waals surface area contributed by atoms with Crippen molar-refractivity contribution >= 4 is 17.2 Å². The highest BCUT2D eigenvalue weighted by Crippen LogP contribution is 2.11. The van der Waals surface area contributed by atoms with E-state index in [-0.39, 0.29) is 11.9 Å². The zero-order valence-electron chi connectivity index (χ0n) is 9.99. The lowest BCUT2D eigenvalue weighted by atomic mass is 10.0. The summed E-state index contributed by atoms with van der Waals surface area (Å²) in [7, 11) is 0. The number of aromatic nitrogens is 1. The van der Waals surface area contributed by atoms with Crippen LogP contribution >= 0.6 is 11.3 Å². The maximum atomic E-state index is 11.5. The SMILES string of the molecule is Cc1ncc(CNC(=O)CC(N)C(C)C)s1. The molecular formula is C11H19N3OS. The van der Waals surface area contributed by atoms with Crippen LogP contribution in [-0.2, 0) is 11.3 Å². The molecule has 16 heavy (non-hydrogen) atoms. The molecule has 0 radical (unpaired) electrons. The smallest absolute Gasteiger partial charge is 0.221 e. The van der Waals surface area contributed by atoms with Crippen molar-refractivity contribution in [3.8, 4) is 0 Å². The zero-order chi connectivity index (χ0) is 12.1. The molecular weight excluding hydrogens is 222 g/mol. The second-order valence-corrected chi connectivity index (χ2v) is 5.55. The third-order valence-corrected chi connectivity index (χ3v) is 3.32. The monoisotopic (exact) mass is 241 g/mol. The van der Waals surface area contributed by atoms with E-state index in [0.29, 0.717) is 18.9 Å². The van der Waals surface area contributed by atoms with Crippen LogP contribution in [0.2, 0.25) is 0 Å². The largest absolute Gasteiger partial charge is 0.351 e. The van der Waals surface area contributed by atoms with Gasteiger partial charge in [0.05, 0.1) is 11.6 Å². The maximum Gasteiger partial charge on any atom is 0.221 e. The fourth-order valence-corrected chi connectivity index (χ4v) is 1.93. The van der Waals surface area contributed by atoms with Crippen molar-refractivity contribution in [3.05, 3.63) is 16.1 Å². The van der Waals surface area contributed by atoms with Gasteiger partial charge in [-0.25, -0.2) is 4.98 Å². The number of hydrogen-bond acceptors (Lipinski definition) is 4. The fraction of sp³-hybridized carbons (Fsp3) is 0.636. The molecule has 0 saturated heterocycles. The van der Waals surface area contributed by atoms with Gasteiger partial charge in [0, 0.05) is 23.5 Å². The molecule has 1 rings (SSSR count). The average Bonchev–Trinajstić information content (AvgIpc) is 2.61. The number of nitrogens with zero attached hydrogens (tertiary/aromatic N) is 1. The third kappa shape index (κ3) is 4.28. The molecule has 90 valence electrons. The molecule has 3 N–H and O–H groups in total. The number of nitrogens with one attached hydrogen (secondary N) is 1. The molecule has 1 unspecified atom stereocenters. The Kier molecular flexibility index (Phi) is 4.89. The normalized spacial score (nSPS) is 12.8. The molecule has 1 heterocycles. The molecule has 0 aliphatic carbocycles. The highest BCUT2D eigenvalue weighted by atomic mass is 32.1.